The maximum Gasteiger partial charge on any atom is 0.488 e. The molecule has 39 heavy (non-hydrogen) atoms. The van der Waals surface area contributed by atoms with Crippen LogP contribution in [0.25, 0.3) is 11.2 Å². The van der Waals surface area contributed by atoms with E-state index in [-0.39, 0.29) is 30.1 Å². The van der Waals surface area contributed by atoms with E-state index in [2.05, 4.69) is 28.9 Å². The number of hydrogen-bond donors (Lipinski definition) is 5. The number of phosphoric acid groups is 2. The number of rotatable bonds is 11. The van der Waals surface area contributed by atoms with Gasteiger partial charge in [0.15, 0.2) is 17.0 Å². The smallest absolute Gasteiger partial charge is 0.390 e. The van der Waals surface area contributed by atoms with Crippen LogP contribution in [0.15, 0.2) is 43.0 Å². The van der Waals surface area contributed by atoms with Crippen molar-refractivity contribution in [2.75, 3.05) is 18.6 Å². The molecule has 1 aliphatic heterocycles. The fraction of sp³-hybridized carbons (Fsp3) is 0.368. The minimum atomic E-state index is -5.44. The number of fused-ring (bicyclic) bond motifs is 1. The molecule has 0 spiro atoms. The molecule has 17 nitrogen and oxygen atoms in total. The Morgan fingerprint density at radius 1 is 1.13 bits per heavy atom. The lowest BCUT2D eigenvalue weighted by Crippen LogP contribution is -2.26. The summed E-state index contributed by atoms with van der Waals surface area (Å²) in [5.41, 5.74) is 1.37. The highest BCUT2D eigenvalue weighted by Crippen LogP contribution is 2.66. The normalized spacial score (nSPS) is 22.8. The third-order valence-corrected chi connectivity index (χ3v) is 9.58. The van der Waals surface area contributed by atoms with Crippen molar-refractivity contribution in [1.82, 2.24) is 19.5 Å². The summed E-state index contributed by atoms with van der Waals surface area (Å²) in [4.78, 5) is 51.7. The molecule has 212 valence electrons. The Balaban J connectivity index is 1.40. The maximum atomic E-state index is 12.5. The lowest BCUT2D eigenvalue weighted by Gasteiger charge is -2.20. The summed E-state index contributed by atoms with van der Waals surface area (Å²) in [6.45, 7) is 0.190. The van der Waals surface area contributed by atoms with Gasteiger partial charge in [-0.25, -0.2) is 28.4 Å². The molecule has 3 heterocycles. The molecule has 1 amide bonds. The summed E-state index contributed by atoms with van der Waals surface area (Å²) < 4.78 is 54.9. The Bertz CT molecular complexity index is 1480. The summed E-state index contributed by atoms with van der Waals surface area (Å²) in [7, 11) is -15.3. The van der Waals surface area contributed by atoms with Crippen LogP contribution in [-0.4, -0.2) is 70.7 Å². The number of nitrogens with one attached hydrogen (secondary N) is 1. The van der Waals surface area contributed by atoms with Gasteiger partial charge >= 0.3 is 23.2 Å². The zero-order valence-electron chi connectivity index (χ0n) is 20.1. The fourth-order valence-electron chi connectivity index (χ4n) is 3.72. The SMILES string of the molecule is CP(=O)(OC[C@H]1O[C@@H](n2cnc3c(NC(=O)Cc4ccccc4)ncnc32)C[C@@H]1O)OP(=O)(O)OP(=O)(O)O. The van der Waals surface area contributed by atoms with Crippen molar-refractivity contribution in [2.45, 2.75) is 31.3 Å². The van der Waals surface area contributed by atoms with E-state index in [4.69, 9.17) is 19.0 Å². The first-order valence-electron chi connectivity index (χ1n) is 11.1. The van der Waals surface area contributed by atoms with E-state index in [1.165, 1.54) is 17.2 Å². The van der Waals surface area contributed by atoms with E-state index < -0.39 is 48.3 Å². The predicted octanol–water partition coefficient (Wildman–Crippen LogP) is 1.72. The monoisotopic (exact) mass is 607 g/mol. The van der Waals surface area contributed by atoms with Crippen LogP contribution in [0.2, 0.25) is 0 Å². The highest BCUT2D eigenvalue weighted by Gasteiger charge is 2.41. The molecule has 0 aliphatic carbocycles. The molecule has 5 atom stereocenters. The average Bonchev–Trinajstić information content (AvgIpc) is 3.40. The first-order chi connectivity index (χ1) is 18.2. The molecule has 20 heteroatoms. The molecular weight excluding hydrogens is 583 g/mol. The molecule has 1 aromatic carbocycles. The number of carbonyl (C=O) groups is 1. The summed E-state index contributed by atoms with van der Waals surface area (Å²) in [5, 5.41) is 13.1. The van der Waals surface area contributed by atoms with Crippen molar-refractivity contribution < 1.29 is 56.2 Å². The second-order valence-electron chi connectivity index (χ2n) is 8.38. The van der Waals surface area contributed by atoms with Crippen LogP contribution in [0.4, 0.5) is 5.82 Å². The zero-order valence-corrected chi connectivity index (χ0v) is 22.8. The Labute approximate surface area is 220 Å². The number of aromatic nitrogens is 4. The van der Waals surface area contributed by atoms with Gasteiger partial charge in [-0.1, -0.05) is 30.3 Å². The van der Waals surface area contributed by atoms with Crippen LogP contribution >= 0.6 is 23.2 Å². The number of nitrogens with zero attached hydrogens (tertiary/aromatic N) is 4. The zero-order chi connectivity index (χ0) is 28.4. The second-order valence-corrected chi connectivity index (χ2v) is 13.4. The first-order valence-corrected chi connectivity index (χ1v) is 16.1. The van der Waals surface area contributed by atoms with Crippen LogP contribution in [0, 0.1) is 0 Å². The van der Waals surface area contributed by atoms with E-state index in [0.717, 1.165) is 12.2 Å². The number of hydrogen-bond acceptors (Lipinski definition) is 12. The van der Waals surface area contributed by atoms with Gasteiger partial charge in [-0.3, -0.25) is 13.9 Å². The van der Waals surface area contributed by atoms with Gasteiger partial charge in [0, 0.05) is 13.1 Å². The molecule has 0 radical (unpaired) electrons. The molecule has 2 aromatic heterocycles. The average molecular weight is 607 g/mol. The number of anilines is 1. The molecule has 0 bridgehead atoms. The fourth-order valence-corrected chi connectivity index (χ4v) is 7.29. The molecule has 1 saturated heterocycles. The Hall–Kier alpha value is -2.39. The first kappa shape index (κ1) is 29.6. The number of imidazole rings is 1. The van der Waals surface area contributed by atoms with Gasteiger partial charge in [0.25, 0.3) is 0 Å². The van der Waals surface area contributed by atoms with Crippen LogP contribution < -0.4 is 5.32 Å². The quantitative estimate of drug-likeness (QED) is 0.195. The number of ether oxygens (including phenoxy) is 1. The number of amides is 1. The summed E-state index contributed by atoms with van der Waals surface area (Å²) in [5.74, 6) is -0.140. The Kier molecular flexibility index (Phi) is 8.81. The molecule has 2 unspecified atom stereocenters. The third-order valence-electron chi connectivity index (χ3n) is 5.27. The lowest BCUT2D eigenvalue weighted by atomic mass is 10.1. The molecule has 3 aromatic rings. The summed E-state index contributed by atoms with van der Waals surface area (Å²) in [6.07, 6.45) is -0.309. The molecular formula is C19H24N5O12P3. The summed E-state index contributed by atoms with van der Waals surface area (Å²) >= 11 is 0. The molecule has 1 aliphatic rings. The van der Waals surface area contributed by atoms with Crippen molar-refractivity contribution >= 4 is 46.1 Å². The molecule has 4 rings (SSSR count). The van der Waals surface area contributed by atoms with Gasteiger partial charge in [-0.2, -0.15) is 4.31 Å². The topological polar surface area (TPSA) is 242 Å². The number of carbonyl (C=O) groups excluding carboxylic acids is 1. The standard InChI is InChI=1S/C19H24N5O12P3/c1-37(27,35-39(31,32)36-38(28,29)30)33-9-14-13(25)8-16(34-14)24-11-22-17-18(20-10-21-19(17)24)23-15(26)7-12-5-3-2-4-6-12/h2-6,10-11,13-14,16,25H,7-9H2,1H3,(H,31,32)(H2,28,29,30)(H,20,21,23,26)/t13-,14+,16+,37?/m0/s1. The van der Waals surface area contributed by atoms with Gasteiger partial charge in [0.2, 0.25) is 5.91 Å². The molecule has 5 N–H and O–H groups in total. The van der Waals surface area contributed by atoms with Gasteiger partial charge < -0.3 is 34.4 Å². The molecule has 0 saturated carbocycles. The van der Waals surface area contributed by atoms with E-state index >= 15 is 0 Å². The van der Waals surface area contributed by atoms with Gasteiger partial charge in [0.1, 0.15) is 18.7 Å². The van der Waals surface area contributed by atoms with E-state index in [1.54, 1.807) is 0 Å². The van der Waals surface area contributed by atoms with Crippen molar-refractivity contribution in [1.29, 1.82) is 0 Å². The van der Waals surface area contributed by atoms with Gasteiger partial charge in [-0.15, -0.1) is 0 Å². The van der Waals surface area contributed by atoms with Crippen molar-refractivity contribution in [2.24, 2.45) is 0 Å². The maximum absolute atomic E-state index is 12.5. The number of aliphatic hydroxyl groups is 1. The highest BCUT2D eigenvalue weighted by atomic mass is 31.3. The Morgan fingerprint density at radius 3 is 2.54 bits per heavy atom. The summed E-state index contributed by atoms with van der Waals surface area (Å²) in [6, 6.07) is 9.11. The second kappa shape index (κ2) is 11.6. The lowest BCUT2D eigenvalue weighted by molar-refractivity contribution is -0.115. The van der Waals surface area contributed by atoms with Crippen molar-refractivity contribution in [3.8, 4) is 0 Å². The Morgan fingerprint density at radius 2 is 1.85 bits per heavy atom. The minimum Gasteiger partial charge on any atom is -0.390 e. The van der Waals surface area contributed by atoms with Gasteiger partial charge in [-0.05, 0) is 5.56 Å². The van der Waals surface area contributed by atoms with E-state index in [1.807, 2.05) is 30.3 Å². The van der Waals surface area contributed by atoms with Crippen LogP contribution in [0.3, 0.4) is 0 Å². The number of aliphatic hydroxyl groups excluding tert-OH is 1. The van der Waals surface area contributed by atoms with Crippen LogP contribution in [-0.2, 0) is 42.8 Å². The molecule has 1 fully saturated rings. The van der Waals surface area contributed by atoms with Crippen molar-refractivity contribution in [3.05, 3.63) is 48.5 Å². The van der Waals surface area contributed by atoms with Crippen LogP contribution in [0.5, 0.6) is 0 Å². The number of benzene rings is 1. The van der Waals surface area contributed by atoms with E-state index in [0.29, 0.717) is 5.65 Å². The largest absolute Gasteiger partial charge is 0.488 e. The highest BCUT2D eigenvalue weighted by molar-refractivity contribution is 7.68. The van der Waals surface area contributed by atoms with Crippen molar-refractivity contribution in [3.63, 3.8) is 0 Å². The van der Waals surface area contributed by atoms with Gasteiger partial charge in [0.05, 0.1) is 25.5 Å². The van der Waals surface area contributed by atoms with Crippen LogP contribution in [0.1, 0.15) is 18.2 Å². The minimum absolute atomic E-state index is 0.0217. The third kappa shape index (κ3) is 8.07. The predicted molar refractivity (Wildman–Crippen MR) is 132 cm³/mol. The van der Waals surface area contributed by atoms with E-state index in [9.17, 15) is 28.5 Å².